The zero-order chi connectivity index (χ0) is 26.5. The van der Waals surface area contributed by atoms with Crippen LogP contribution in [0.15, 0.2) is 97.2 Å². The molecule has 0 spiro atoms. The molecule has 0 fully saturated rings. The van der Waals surface area contributed by atoms with E-state index in [2.05, 4.69) is 21.7 Å². The molecule has 0 saturated carbocycles. The Morgan fingerprint density at radius 1 is 0.895 bits per heavy atom. The topological polar surface area (TPSA) is 76.0 Å². The van der Waals surface area contributed by atoms with Crippen LogP contribution < -0.4 is 10.6 Å². The third kappa shape index (κ3) is 5.62. The number of halogens is 1. The molecule has 2 N–H and O–H groups in total. The molecule has 0 atom stereocenters. The molecule has 190 valence electrons. The molecule has 6 nitrogen and oxygen atoms in total. The van der Waals surface area contributed by atoms with Crippen LogP contribution in [0, 0.1) is 12.7 Å². The van der Waals surface area contributed by atoms with Crippen LogP contribution in [0.4, 0.5) is 10.1 Å². The standard InChI is InChI=1S/C31H27FN4O2/c1-21-7-6-8-22(17-21)20-36-28-13-12-25(35-30(37)26-10-2-3-11-27(26)32)18-23(28)19-29(36)31(38)34-16-14-24-9-4-5-15-33-24/h2-13,15,17-19H,14,16,20H2,1H3,(H,34,38)(H,35,37). The second-order valence-corrected chi connectivity index (χ2v) is 9.14. The van der Waals surface area contributed by atoms with Crippen LogP contribution in [-0.2, 0) is 13.0 Å². The molecule has 0 unspecified atom stereocenters. The lowest BCUT2D eigenvalue weighted by atomic mass is 10.1. The number of nitrogens with zero attached hydrogens (tertiary/aromatic N) is 2. The van der Waals surface area contributed by atoms with Crippen LogP contribution in [0.25, 0.3) is 10.9 Å². The van der Waals surface area contributed by atoms with Crippen molar-refractivity contribution < 1.29 is 14.0 Å². The van der Waals surface area contributed by atoms with E-state index in [-0.39, 0.29) is 11.5 Å². The van der Waals surface area contributed by atoms with Gasteiger partial charge in [0, 0.05) is 48.0 Å². The highest BCUT2D eigenvalue weighted by Gasteiger charge is 2.17. The summed E-state index contributed by atoms with van der Waals surface area (Å²) in [5, 5.41) is 6.56. The quantitative estimate of drug-likeness (QED) is 0.281. The van der Waals surface area contributed by atoms with E-state index in [0.29, 0.717) is 30.9 Å². The SMILES string of the molecule is Cc1cccc(Cn2c(C(=O)NCCc3ccccn3)cc3cc(NC(=O)c4ccccc4F)ccc32)c1. The maximum absolute atomic E-state index is 14.1. The number of benzene rings is 3. The van der Waals surface area contributed by atoms with E-state index in [1.54, 1.807) is 24.4 Å². The third-order valence-electron chi connectivity index (χ3n) is 6.33. The molecule has 0 radical (unpaired) electrons. The molecule has 0 aliphatic heterocycles. The van der Waals surface area contributed by atoms with Gasteiger partial charge in [-0.15, -0.1) is 0 Å². The zero-order valence-electron chi connectivity index (χ0n) is 20.9. The number of carbonyl (C=O) groups is 2. The van der Waals surface area contributed by atoms with E-state index in [0.717, 1.165) is 27.7 Å². The molecule has 0 aliphatic rings. The molecule has 5 rings (SSSR count). The van der Waals surface area contributed by atoms with Crippen molar-refractivity contribution in [1.29, 1.82) is 0 Å². The van der Waals surface area contributed by atoms with E-state index >= 15 is 0 Å². The van der Waals surface area contributed by atoms with Crippen molar-refractivity contribution in [3.8, 4) is 0 Å². The van der Waals surface area contributed by atoms with Gasteiger partial charge in [0.2, 0.25) is 0 Å². The first-order valence-corrected chi connectivity index (χ1v) is 12.4. The molecule has 2 heterocycles. The Morgan fingerprint density at radius 3 is 2.53 bits per heavy atom. The first-order valence-electron chi connectivity index (χ1n) is 12.4. The second-order valence-electron chi connectivity index (χ2n) is 9.14. The molecule has 2 amide bonds. The number of pyridine rings is 1. The van der Waals surface area contributed by atoms with Crippen molar-refractivity contribution >= 4 is 28.4 Å². The minimum Gasteiger partial charge on any atom is -0.350 e. The first kappa shape index (κ1) is 24.9. The highest BCUT2D eigenvalue weighted by molar-refractivity contribution is 6.06. The van der Waals surface area contributed by atoms with Crippen LogP contribution in [0.1, 0.15) is 37.7 Å². The van der Waals surface area contributed by atoms with Gasteiger partial charge in [-0.3, -0.25) is 14.6 Å². The van der Waals surface area contributed by atoms with Gasteiger partial charge >= 0.3 is 0 Å². The zero-order valence-corrected chi connectivity index (χ0v) is 20.9. The summed E-state index contributed by atoms with van der Waals surface area (Å²) < 4.78 is 16.0. The summed E-state index contributed by atoms with van der Waals surface area (Å²) >= 11 is 0. The van der Waals surface area contributed by atoms with E-state index in [4.69, 9.17) is 0 Å². The van der Waals surface area contributed by atoms with Crippen LogP contribution in [0.3, 0.4) is 0 Å². The summed E-state index contributed by atoms with van der Waals surface area (Å²) in [6.07, 6.45) is 2.36. The molecule has 2 aromatic heterocycles. The highest BCUT2D eigenvalue weighted by atomic mass is 19.1. The number of fused-ring (bicyclic) bond motifs is 1. The Balaban J connectivity index is 1.43. The minimum absolute atomic E-state index is 0.0300. The molecular formula is C31H27FN4O2. The lowest BCUT2D eigenvalue weighted by Gasteiger charge is -2.12. The number of aromatic nitrogens is 2. The molecule has 0 saturated heterocycles. The fraction of sp³-hybridized carbons (Fsp3) is 0.129. The predicted molar refractivity (Wildman–Crippen MR) is 147 cm³/mol. The summed E-state index contributed by atoms with van der Waals surface area (Å²) in [4.78, 5) is 30.2. The third-order valence-corrected chi connectivity index (χ3v) is 6.33. The fourth-order valence-corrected chi connectivity index (χ4v) is 4.48. The largest absolute Gasteiger partial charge is 0.350 e. The van der Waals surface area contributed by atoms with Crippen molar-refractivity contribution in [3.05, 3.63) is 131 Å². The van der Waals surface area contributed by atoms with Gasteiger partial charge in [-0.1, -0.05) is 48.0 Å². The van der Waals surface area contributed by atoms with Gasteiger partial charge in [0.05, 0.1) is 5.56 Å². The van der Waals surface area contributed by atoms with E-state index in [9.17, 15) is 14.0 Å². The van der Waals surface area contributed by atoms with Gasteiger partial charge in [-0.25, -0.2) is 4.39 Å². The maximum Gasteiger partial charge on any atom is 0.267 e. The Labute approximate surface area is 220 Å². The number of amides is 2. The molecular weight excluding hydrogens is 479 g/mol. The summed E-state index contributed by atoms with van der Waals surface area (Å²) in [5.41, 5.74) is 4.97. The lowest BCUT2D eigenvalue weighted by Crippen LogP contribution is -2.28. The van der Waals surface area contributed by atoms with E-state index < -0.39 is 11.7 Å². The lowest BCUT2D eigenvalue weighted by molar-refractivity contribution is 0.0944. The van der Waals surface area contributed by atoms with E-state index in [1.807, 2.05) is 60.0 Å². The van der Waals surface area contributed by atoms with E-state index in [1.165, 1.54) is 18.2 Å². The monoisotopic (exact) mass is 506 g/mol. The molecule has 38 heavy (non-hydrogen) atoms. The van der Waals surface area contributed by atoms with Gasteiger partial charge in [0.25, 0.3) is 11.8 Å². The minimum atomic E-state index is -0.583. The van der Waals surface area contributed by atoms with Crippen LogP contribution in [0.5, 0.6) is 0 Å². The average molecular weight is 507 g/mol. The summed E-state index contributed by atoms with van der Waals surface area (Å²) in [6.45, 7) is 2.99. The summed E-state index contributed by atoms with van der Waals surface area (Å²) in [5.74, 6) is -1.31. The highest BCUT2D eigenvalue weighted by Crippen LogP contribution is 2.26. The summed E-state index contributed by atoms with van der Waals surface area (Å²) in [7, 11) is 0. The molecule has 0 bridgehead atoms. The van der Waals surface area contributed by atoms with Crippen molar-refractivity contribution in [2.24, 2.45) is 0 Å². The van der Waals surface area contributed by atoms with Crippen molar-refractivity contribution in [2.75, 3.05) is 11.9 Å². The summed E-state index contributed by atoms with van der Waals surface area (Å²) in [6, 6.07) is 27.0. The molecule has 3 aromatic carbocycles. The fourth-order valence-electron chi connectivity index (χ4n) is 4.48. The molecule has 5 aromatic rings. The number of carbonyl (C=O) groups excluding carboxylic acids is 2. The normalized spacial score (nSPS) is 10.9. The Bertz CT molecular complexity index is 1610. The Morgan fingerprint density at radius 2 is 1.74 bits per heavy atom. The van der Waals surface area contributed by atoms with Crippen LogP contribution in [0.2, 0.25) is 0 Å². The number of aryl methyl sites for hydroxylation is 1. The van der Waals surface area contributed by atoms with Gasteiger partial charge in [0.15, 0.2) is 0 Å². The van der Waals surface area contributed by atoms with Gasteiger partial charge in [-0.2, -0.15) is 0 Å². The van der Waals surface area contributed by atoms with Crippen molar-refractivity contribution in [1.82, 2.24) is 14.9 Å². The smallest absolute Gasteiger partial charge is 0.267 e. The van der Waals surface area contributed by atoms with Gasteiger partial charge in [0.1, 0.15) is 11.5 Å². The average Bonchev–Trinajstić information content (AvgIpc) is 3.27. The number of rotatable bonds is 8. The second kappa shape index (κ2) is 11.1. The number of anilines is 1. The first-order chi connectivity index (χ1) is 18.5. The van der Waals surface area contributed by atoms with Gasteiger partial charge < -0.3 is 15.2 Å². The number of hydrogen-bond donors (Lipinski definition) is 2. The van der Waals surface area contributed by atoms with Crippen LogP contribution >= 0.6 is 0 Å². The maximum atomic E-state index is 14.1. The Kier molecular flexibility index (Phi) is 7.26. The number of nitrogens with one attached hydrogen (secondary N) is 2. The molecule has 7 heteroatoms. The van der Waals surface area contributed by atoms with Crippen molar-refractivity contribution in [2.45, 2.75) is 19.9 Å². The van der Waals surface area contributed by atoms with Crippen LogP contribution in [-0.4, -0.2) is 27.9 Å². The predicted octanol–water partition coefficient (Wildman–Crippen LogP) is 5.76. The Hall–Kier alpha value is -4.78. The van der Waals surface area contributed by atoms with Gasteiger partial charge in [-0.05, 0) is 61.0 Å². The molecule has 0 aliphatic carbocycles. The van der Waals surface area contributed by atoms with Crippen molar-refractivity contribution in [3.63, 3.8) is 0 Å². The number of hydrogen-bond acceptors (Lipinski definition) is 3.